The summed E-state index contributed by atoms with van der Waals surface area (Å²) in [6.07, 6.45) is 0.512. The molecule has 2 aliphatic rings. The number of ether oxygens (including phenoxy) is 2. The normalized spacial score (nSPS) is 26.5. The first-order valence-corrected chi connectivity index (χ1v) is 8.00. The molecule has 1 aromatic carbocycles. The molecule has 1 spiro atoms. The highest BCUT2D eigenvalue weighted by Crippen LogP contribution is 2.39. The number of hydrogen-bond acceptors (Lipinski definition) is 4. The summed E-state index contributed by atoms with van der Waals surface area (Å²) in [5.41, 5.74) is 0.410. The summed E-state index contributed by atoms with van der Waals surface area (Å²) in [5.74, 6) is -0.118. The maximum absolute atomic E-state index is 12.5. The second kappa shape index (κ2) is 6.58. The van der Waals surface area contributed by atoms with E-state index in [1.807, 2.05) is 18.2 Å². The molecule has 1 N–H and O–H groups in total. The number of rotatable bonds is 3. The highest BCUT2D eigenvalue weighted by molar-refractivity contribution is 5.94. The molecule has 1 aromatic rings. The van der Waals surface area contributed by atoms with Crippen LogP contribution < -0.4 is 5.32 Å². The van der Waals surface area contributed by atoms with Crippen LogP contribution in [-0.2, 0) is 9.47 Å². The number of amides is 2. The number of hydrogen-bond donors (Lipinski definition) is 1. The summed E-state index contributed by atoms with van der Waals surface area (Å²) in [6.45, 7) is 4.38. The molecule has 0 saturated carbocycles. The lowest BCUT2D eigenvalue weighted by atomic mass is 9.82. The lowest BCUT2D eigenvalue weighted by molar-refractivity contribution is 0.0889. The zero-order valence-corrected chi connectivity index (χ0v) is 13.3. The zero-order valence-electron chi connectivity index (χ0n) is 13.3. The van der Waals surface area contributed by atoms with E-state index in [9.17, 15) is 9.59 Å². The second-order valence-electron chi connectivity index (χ2n) is 6.14. The van der Waals surface area contributed by atoms with Crippen molar-refractivity contribution in [3.05, 3.63) is 35.9 Å². The third-order valence-corrected chi connectivity index (χ3v) is 4.65. The largest absolute Gasteiger partial charge is 0.450 e. The van der Waals surface area contributed by atoms with Gasteiger partial charge in [-0.25, -0.2) is 4.79 Å². The van der Waals surface area contributed by atoms with Crippen molar-refractivity contribution in [2.45, 2.75) is 19.4 Å². The van der Waals surface area contributed by atoms with Crippen molar-refractivity contribution < 1.29 is 19.1 Å². The molecule has 6 heteroatoms. The van der Waals surface area contributed by atoms with Gasteiger partial charge in [-0.3, -0.25) is 4.79 Å². The fourth-order valence-corrected chi connectivity index (χ4v) is 3.38. The monoisotopic (exact) mass is 318 g/mol. The van der Waals surface area contributed by atoms with Crippen LogP contribution in [0.4, 0.5) is 4.79 Å². The van der Waals surface area contributed by atoms with Gasteiger partial charge >= 0.3 is 6.09 Å². The molecule has 0 bridgehead atoms. The Hall–Kier alpha value is -2.08. The maximum Gasteiger partial charge on any atom is 0.409 e. The van der Waals surface area contributed by atoms with Crippen LogP contribution >= 0.6 is 0 Å². The molecule has 2 atom stereocenters. The van der Waals surface area contributed by atoms with Crippen LogP contribution in [0.2, 0.25) is 0 Å². The molecule has 2 saturated heterocycles. The van der Waals surface area contributed by atoms with Crippen molar-refractivity contribution in [3.8, 4) is 0 Å². The van der Waals surface area contributed by atoms with Crippen LogP contribution in [0.5, 0.6) is 0 Å². The number of nitrogens with zero attached hydrogens (tertiary/aromatic N) is 1. The van der Waals surface area contributed by atoms with Gasteiger partial charge in [0.05, 0.1) is 19.3 Å². The molecule has 0 aliphatic carbocycles. The van der Waals surface area contributed by atoms with Gasteiger partial charge in [-0.15, -0.1) is 0 Å². The maximum atomic E-state index is 12.5. The van der Waals surface area contributed by atoms with Crippen LogP contribution in [0, 0.1) is 5.41 Å². The van der Waals surface area contributed by atoms with E-state index in [1.54, 1.807) is 24.0 Å². The van der Waals surface area contributed by atoms with Crippen LogP contribution in [0.15, 0.2) is 30.3 Å². The Bertz CT molecular complexity index is 569. The van der Waals surface area contributed by atoms with Gasteiger partial charge in [0.2, 0.25) is 0 Å². The Morgan fingerprint density at radius 3 is 2.83 bits per heavy atom. The standard InChI is InChI=1S/C17H22N2O4/c1-2-23-16(21)19-10-14(17(11-19)8-9-22-12-17)18-15(20)13-6-4-3-5-7-13/h3-7,14H,2,8-12H2,1H3,(H,18,20)/t14-,17+/m1/s1. The van der Waals surface area contributed by atoms with Gasteiger partial charge in [0.15, 0.2) is 0 Å². The zero-order chi connectivity index (χ0) is 16.3. The number of benzene rings is 1. The summed E-state index contributed by atoms with van der Waals surface area (Å²) in [5, 5.41) is 3.09. The first-order valence-electron chi connectivity index (χ1n) is 8.00. The Morgan fingerprint density at radius 2 is 2.17 bits per heavy atom. The number of nitrogens with one attached hydrogen (secondary N) is 1. The highest BCUT2D eigenvalue weighted by atomic mass is 16.6. The smallest absolute Gasteiger partial charge is 0.409 e. The molecule has 124 valence electrons. The Kier molecular flexibility index (Phi) is 4.52. The molecule has 0 radical (unpaired) electrons. The van der Waals surface area contributed by atoms with E-state index < -0.39 is 0 Å². The minimum atomic E-state index is -0.324. The summed E-state index contributed by atoms with van der Waals surface area (Å²) in [4.78, 5) is 26.2. The average Bonchev–Trinajstić information content (AvgIpc) is 3.17. The second-order valence-corrected chi connectivity index (χ2v) is 6.14. The molecule has 6 nitrogen and oxygen atoms in total. The average molecular weight is 318 g/mol. The molecule has 3 rings (SSSR count). The summed E-state index contributed by atoms with van der Waals surface area (Å²) >= 11 is 0. The quantitative estimate of drug-likeness (QED) is 0.920. The molecule has 2 aliphatic heterocycles. The van der Waals surface area contributed by atoms with Crippen molar-refractivity contribution in [2.24, 2.45) is 5.41 Å². The van der Waals surface area contributed by atoms with Crippen LogP contribution in [0.1, 0.15) is 23.7 Å². The van der Waals surface area contributed by atoms with Crippen molar-refractivity contribution in [2.75, 3.05) is 32.9 Å². The summed E-state index contributed by atoms with van der Waals surface area (Å²) in [6, 6.07) is 8.99. The van der Waals surface area contributed by atoms with E-state index in [2.05, 4.69) is 5.32 Å². The Morgan fingerprint density at radius 1 is 1.39 bits per heavy atom. The molecule has 2 fully saturated rings. The van der Waals surface area contributed by atoms with Crippen molar-refractivity contribution in [1.82, 2.24) is 10.2 Å². The fraction of sp³-hybridized carbons (Fsp3) is 0.529. The lowest BCUT2D eigenvalue weighted by Gasteiger charge is -2.28. The van der Waals surface area contributed by atoms with E-state index >= 15 is 0 Å². The van der Waals surface area contributed by atoms with Gasteiger partial charge in [0, 0.05) is 30.7 Å². The number of likely N-dealkylation sites (tertiary alicyclic amines) is 1. The predicted molar refractivity (Wildman–Crippen MR) is 84.2 cm³/mol. The van der Waals surface area contributed by atoms with Crippen molar-refractivity contribution >= 4 is 12.0 Å². The van der Waals surface area contributed by atoms with E-state index in [0.29, 0.717) is 38.5 Å². The minimum Gasteiger partial charge on any atom is -0.450 e. The SMILES string of the molecule is CCOC(=O)N1C[C@@H](NC(=O)c2ccccc2)[C@@]2(CCOC2)C1. The predicted octanol–water partition coefficient (Wildman–Crippen LogP) is 1.66. The third kappa shape index (κ3) is 3.17. The van der Waals surface area contributed by atoms with Gasteiger partial charge < -0.3 is 19.7 Å². The molecule has 2 amide bonds. The fourth-order valence-electron chi connectivity index (χ4n) is 3.38. The first-order chi connectivity index (χ1) is 11.1. The van der Waals surface area contributed by atoms with Gasteiger partial charge in [-0.1, -0.05) is 18.2 Å². The third-order valence-electron chi connectivity index (χ3n) is 4.65. The number of carbonyl (C=O) groups is 2. The number of carbonyl (C=O) groups excluding carboxylic acids is 2. The summed E-state index contributed by atoms with van der Waals surface area (Å²) < 4.78 is 10.7. The van der Waals surface area contributed by atoms with E-state index in [-0.39, 0.29) is 23.5 Å². The molecule has 0 aromatic heterocycles. The van der Waals surface area contributed by atoms with Gasteiger partial charge in [0.25, 0.3) is 5.91 Å². The van der Waals surface area contributed by atoms with E-state index in [4.69, 9.17) is 9.47 Å². The van der Waals surface area contributed by atoms with E-state index in [1.165, 1.54) is 0 Å². The molecule has 2 heterocycles. The summed E-state index contributed by atoms with van der Waals surface area (Å²) in [7, 11) is 0. The van der Waals surface area contributed by atoms with Crippen molar-refractivity contribution in [3.63, 3.8) is 0 Å². The van der Waals surface area contributed by atoms with Crippen molar-refractivity contribution in [1.29, 1.82) is 0 Å². The van der Waals surface area contributed by atoms with E-state index in [0.717, 1.165) is 6.42 Å². The van der Waals surface area contributed by atoms with Gasteiger partial charge in [-0.2, -0.15) is 0 Å². The molecular formula is C17H22N2O4. The lowest BCUT2D eigenvalue weighted by Crippen LogP contribution is -2.47. The molecular weight excluding hydrogens is 296 g/mol. The van der Waals surface area contributed by atoms with Crippen LogP contribution in [0.3, 0.4) is 0 Å². The molecule has 0 unspecified atom stereocenters. The topological polar surface area (TPSA) is 67.9 Å². The minimum absolute atomic E-state index is 0.118. The highest BCUT2D eigenvalue weighted by Gasteiger charge is 2.51. The van der Waals surface area contributed by atoms with Gasteiger partial charge in [0.1, 0.15) is 0 Å². The first kappa shape index (κ1) is 15.8. The Balaban J connectivity index is 1.73. The Labute approximate surface area is 135 Å². The van der Waals surface area contributed by atoms with Crippen LogP contribution in [-0.4, -0.2) is 55.9 Å². The van der Waals surface area contributed by atoms with Gasteiger partial charge in [-0.05, 0) is 25.5 Å². The van der Waals surface area contributed by atoms with Crippen LogP contribution in [0.25, 0.3) is 0 Å². The molecule has 23 heavy (non-hydrogen) atoms.